The van der Waals surface area contributed by atoms with E-state index < -0.39 is 16.0 Å². The number of rotatable bonds is 9. The molecule has 21 heavy (non-hydrogen) atoms. The van der Waals surface area contributed by atoms with Gasteiger partial charge in [0.25, 0.3) is 0 Å². The van der Waals surface area contributed by atoms with Crippen LogP contribution in [0.3, 0.4) is 0 Å². The van der Waals surface area contributed by atoms with Gasteiger partial charge in [-0.15, -0.1) is 0 Å². The zero-order chi connectivity index (χ0) is 15.3. The molecule has 1 aliphatic carbocycles. The first-order valence-electron chi connectivity index (χ1n) is 6.89. The third-order valence-electron chi connectivity index (χ3n) is 3.18. The van der Waals surface area contributed by atoms with Crippen LogP contribution in [0.25, 0.3) is 0 Å². The molecule has 0 radical (unpaired) electrons. The third-order valence-corrected chi connectivity index (χ3v) is 4.59. The van der Waals surface area contributed by atoms with Gasteiger partial charge < -0.3 is 10.4 Å². The van der Waals surface area contributed by atoms with Crippen LogP contribution in [0, 0.1) is 5.92 Å². The summed E-state index contributed by atoms with van der Waals surface area (Å²) in [6.45, 7) is 0.961. The molecule has 0 aliphatic heterocycles. The van der Waals surface area contributed by atoms with Crippen LogP contribution in [0.2, 0.25) is 0 Å². The lowest BCUT2D eigenvalue weighted by Gasteiger charge is -2.07. The maximum atomic E-state index is 12.0. The van der Waals surface area contributed by atoms with Crippen molar-refractivity contribution in [2.75, 3.05) is 18.4 Å². The fourth-order valence-corrected chi connectivity index (χ4v) is 2.79. The first kappa shape index (κ1) is 15.7. The number of hydrogen-bond acceptors (Lipinski definition) is 5. The SMILES string of the molecule is O=C(O)CCCNc1ccc(S(=O)(=O)NCC2CC2)cn1. The van der Waals surface area contributed by atoms with Crippen molar-refractivity contribution in [1.29, 1.82) is 0 Å². The van der Waals surface area contributed by atoms with E-state index in [4.69, 9.17) is 5.11 Å². The molecule has 1 saturated carbocycles. The highest BCUT2D eigenvalue weighted by molar-refractivity contribution is 7.89. The van der Waals surface area contributed by atoms with Crippen LogP contribution in [0.15, 0.2) is 23.2 Å². The van der Waals surface area contributed by atoms with Crippen molar-refractivity contribution in [2.45, 2.75) is 30.6 Å². The Balaban J connectivity index is 1.84. The summed E-state index contributed by atoms with van der Waals surface area (Å²) >= 11 is 0. The summed E-state index contributed by atoms with van der Waals surface area (Å²) < 4.78 is 26.5. The van der Waals surface area contributed by atoms with Gasteiger partial charge in [-0.05, 0) is 37.3 Å². The molecule has 0 bridgehead atoms. The van der Waals surface area contributed by atoms with E-state index in [0.717, 1.165) is 12.8 Å². The van der Waals surface area contributed by atoms with E-state index >= 15 is 0 Å². The Bertz CT molecular complexity index is 582. The quantitative estimate of drug-likeness (QED) is 0.588. The monoisotopic (exact) mass is 313 g/mol. The zero-order valence-electron chi connectivity index (χ0n) is 11.6. The van der Waals surface area contributed by atoms with Gasteiger partial charge in [0.2, 0.25) is 10.0 Å². The minimum Gasteiger partial charge on any atom is -0.481 e. The summed E-state index contributed by atoms with van der Waals surface area (Å²) in [4.78, 5) is 14.5. The molecule has 116 valence electrons. The number of nitrogens with zero attached hydrogens (tertiary/aromatic N) is 1. The van der Waals surface area contributed by atoms with Crippen LogP contribution >= 0.6 is 0 Å². The van der Waals surface area contributed by atoms with Gasteiger partial charge in [-0.2, -0.15) is 0 Å². The molecule has 0 aromatic carbocycles. The average molecular weight is 313 g/mol. The number of aromatic nitrogens is 1. The van der Waals surface area contributed by atoms with E-state index in [1.54, 1.807) is 6.07 Å². The number of aliphatic carboxylic acids is 1. The Morgan fingerprint density at radius 2 is 2.14 bits per heavy atom. The number of nitrogens with one attached hydrogen (secondary N) is 2. The molecule has 0 saturated heterocycles. The Hall–Kier alpha value is -1.67. The predicted octanol–water partition coefficient (Wildman–Crippen LogP) is 1.05. The summed E-state index contributed by atoms with van der Waals surface area (Å²) in [5.74, 6) is 0.164. The fraction of sp³-hybridized carbons (Fsp3) is 0.538. The molecule has 1 aromatic heterocycles. The van der Waals surface area contributed by atoms with E-state index in [2.05, 4.69) is 15.0 Å². The average Bonchev–Trinajstić information content (AvgIpc) is 3.26. The lowest BCUT2D eigenvalue weighted by atomic mass is 10.3. The van der Waals surface area contributed by atoms with E-state index in [1.807, 2.05) is 0 Å². The summed E-state index contributed by atoms with van der Waals surface area (Å²) in [5.41, 5.74) is 0. The number of carboxylic acid groups (broad SMARTS) is 1. The van der Waals surface area contributed by atoms with Gasteiger partial charge in [-0.3, -0.25) is 4.79 Å². The third kappa shape index (κ3) is 5.31. The number of carbonyl (C=O) groups is 1. The Labute approximate surface area is 123 Å². The lowest BCUT2D eigenvalue weighted by molar-refractivity contribution is -0.137. The standard InChI is InChI=1S/C13H19N3O4S/c17-13(18)2-1-7-14-12-6-5-11(9-15-12)21(19,20)16-8-10-3-4-10/h5-6,9-10,16H,1-4,7-8H2,(H,14,15)(H,17,18). The van der Waals surface area contributed by atoms with Gasteiger partial charge in [0.05, 0.1) is 0 Å². The topological polar surface area (TPSA) is 108 Å². The Kier molecular flexibility index (Phi) is 5.13. The van der Waals surface area contributed by atoms with Gasteiger partial charge in [0, 0.05) is 25.7 Å². The van der Waals surface area contributed by atoms with Crippen molar-refractivity contribution in [3.63, 3.8) is 0 Å². The maximum absolute atomic E-state index is 12.0. The zero-order valence-corrected chi connectivity index (χ0v) is 12.4. The summed E-state index contributed by atoms with van der Waals surface area (Å²) in [5, 5.41) is 11.5. The molecule has 8 heteroatoms. The van der Waals surface area contributed by atoms with Gasteiger partial charge >= 0.3 is 5.97 Å². The number of anilines is 1. The van der Waals surface area contributed by atoms with Gasteiger partial charge in [0.15, 0.2) is 0 Å². The van der Waals surface area contributed by atoms with Crippen LogP contribution in [0.4, 0.5) is 5.82 Å². The summed E-state index contributed by atoms with van der Waals surface area (Å²) in [6.07, 6.45) is 4.04. The molecule has 0 amide bonds. The molecule has 1 aromatic rings. The molecule has 0 unspecified atom stereocenters. The van der Waals surface area contributed by atoms with E-state index in [-0.39, 0.29) is 11.3 Å². The van der Waals surface area contributed by atoms with Crippen molar-refractivity contribution >= 4 is 21.8 Å². The minimum absolute atomic E-state index is 0.0878. The van der Waals surface area contributed by atoms with Crippen molar-refractivity contribution in [3.05, 3.63) is 18.3 Å². The van der Waals surface area contributed by atoms with Crippen LogP contribution in [-0.4, -0.2) is 37.6 Å². The second-order valence-corrected chi connectivity index (χ2v) is 6.87. The van der Waals surface area contributed by atoms with Crippen LogP contribution in [-0.2, 0) is 14.8 Å². The molecule has 3 N–H and O–H groups in total. The van der Waals surface area contributed by atoms with Crippen LogP contribution in [0.5, 0.6) is 0 Å². The predicted molar refractivity (Wildman–Crippen MR) is 77.5 cm³/mol. The number of hydrogen-bond donors (Lipinski definition) is 3. The van der Waals surface area contributed by atoms with Gasteiger partial charge in [0.1, 0.15) is 10.7 Å². The maximum Gasteiger partial charge on any atom is 0.303 e. The summed E-state index contributed by atoms with van der Waals surface area (Å²) in [6, 6.07) is 3.06. The van der Waals surface area contributed by atoms with Crippen LogP contribution in [0.1, 0.15) is 25.7 Å². The second kappa shape index (κ2) is 6.86. The van der Waals surface area contributed by atoms with E-state index in [0.29, 0.717) is 31.2 Å². The van der Waals surface area contributed by atoms with Crippen molar-refractivity contribution in [1.82, 2.24) is 9.71 Å². The largest absolute Gasteiger partial charge is 0.481 e. The lowest BCUT2D eigenvalue weighted by Crippen LogP contribution is -2.26. The van der Waals surface area contributed by atoms with Gasteiger partial charge in [-0.25, -0.2) is 18.1 Å². The Morgan fingerprint density at radius 1 is 1.38 bits per heavy atom. The molecule has 0 spiro atoms. The molecule has 1 aliphatic rings. The first-order valence-corrected chi connectivity index (χ1v) is 8.37. The highest BCUT2D eigenvalue weighted by Gasteiger charge is 2.24. The first-order chi connectivity index (χ1) is 9.97. The fourth-order valence-electron chi connectivity index (χ4n) is 1.73. The van der Waals surface area contributed by atoms with E-state index in [1.165, 1.54) is 12.3 Å². The van der Waals surface area contributed by atoms with Gasteiger partial charge in [-0.1, -0.05) is 0 Å². The molecule has 1 heterocycles. The highest BCUT2D eigenvalue weighted by atomic mass is 32.2. The molecular weight excluding hydrogens is 294 g/mol. The normalized spacial score (nSPS) is 14.9. The summed E-state index contributed by atoms with van der Waals surface area (Å²) in [7, 11) is -3.49. The Morgan fingerprint density at radius 3 is 2.71 bits per heavy atom. The second-order valence-electron chi connectivity index (χ2n) is 5.10. The number of pyridine rings is 1. The molecule has 1 fully saturated rings. The number of sulfonamides is 1. The molecule has 2 rings (SSSR count). The smallest absolute Gasteiger partial charge is 0.303 e. The molecular formula is C13H19N3O4S. The molecule has 0 atom stereocenters. The van der Waals surface area contributed by atoms with Crippen LogP contribution < -0.4 is 10.0 Å². The highest BCUT2D eigenvalue weighted by Crippen LogP contribution is 2.28. The van der Waals surface area contributed by atoms with Crippen molar-refractivity contribution in [2.24, 2.45) is 5.92 Å². The minimum atomic E-state index is -3.49. The van der Waals surface area contributed by atoms with E-state index in [9.17, 15) is 13.2 Å². The number of carboxylic acids is 1. The van der Waals surface area contributed by atoms with Crippen molar-refractivity contribution < 1.29 is 18.3 Å². The van der Waals surface area contributed by atoms with Crippen molar-refractivity contribution in [3.8, 4) is 0 Å². The molecule has 7 nitrogen and oxygen atoms in total.